The van der Waals surface area contributed by atoms with E-state index in [2.05, 4.69) is 12.6 Å². The van der Waals surface area contributed by atoms with Crippen LogP contribution >= 0.6 is 24.0 Å². The highest BCUT2D eigenvalue weighted by molar-refractivity contribution is 7.80. The van der Waals surface area contributed by atoms with Crippen molar-refractivity contribution in [1.82, 2.24) is 0 Å². The number of aldehydes is 1. The molecule has 0 unspecified atom stereocenters. The number of hydrogen-bond donors (Lipinski definition) is 2. The van der Waals surface area contributed by atoms with Crippen LogP contribution in [0.2, 0.25) is 0 Å². The van der Waals surface area contributed by atoms with Crippen molar-refractivity contribution < 1.29 is 9.90 Å². The zero-order valence-electron chi connectivity index (χ0n) is 6.52. The monoisotopic (exact) mass is 210 g/mol. The zero-order valence-corrected chi connectivity index (χ0v) is 8.23. The van der Waals surface area contributed by atoms with Crippen LogP contribution in [0.3, 0.4) is 0 Å². The van der Waals surface area contributed by atoms with Gasteiger partial charge in [0.1, 0.15) is 5.75 Å². The molecule has 0 fully saturated rings. The quantitative estimate of drug-likeness (QED) is 0.561. The number of phenolic OH excluding ortho intramolecular Hbond substituents is 1. The van der Waals surface area contributed by atoms with Gasteiger partial charge in [0.25, 0.3) is 0 Å². The summed E-state index contributed by atoms with van der Waals surface area (Å²) in [6.07, 6.45) is 0.780. The number of carbonyl (C=O) groups excluding carboxylic acids is 1. The van der Waals surface area contributed by atoms with Gasteiger partial charge in [0.05, 0.1) is 9.58 Å². The van der Waals surface area contributed by atoms with E-state index in [0.717, 1.165) is 16.4 Å². The summed E-state index contributed by atoms with van der Waals surface area (Å²) < 4.78 is 0.717. The van der Waals surface area contributed by atoms with Gasteiger partial charge < -0.3 is 5.11 Å². The first kappa shape index (κ1) is 8.59. The van der Waals surface area contributed by atoms with Crippen molar-refractivity contribution in [3.8, 4) is 5.75 Å². The lowest BCUT2D eigenvalue weighted by Gasteiger charge is -1.96. The largest absolute Gasteiger partial charge is 0.505 e. The van der Waals surface area contributed by atoms with Crippen molar-refractivity contribution in [1.29, 1.82) is 0 Å². The Hall–Kier alpha value is -1.00. The first-order valence-electron chi connectivity index (χ1n) is 3.62. The summed E-state index contributed by atoms with van der Waals surface area (Å²) in [7, 11) is 0. The molecule has 0 aliphatic rings. The molecule has 2 nitrogen and oxygen atoms in total. The Labute approximate surface area is 84.2 Å². The van der Waals surface area contributed by atoms with Crippen molar-refractivity contribution in [2.75, 3.05) is 0 Å². The molecule has 0 saturated carbocycles. The number of phenols is 1. The lowest BCUT2D eigenvalue weighted by molar-refractivity contribution is 0.112. The highest BCUT2D eigenvalue weighted by atomic mass is 32.1. The summed E-state index contributed by atoms with van der Waals surface area (Å²) >= 11 is 5.35. The molecule has 1 N–H and O–H groups in total. The molecule has 13 heavy (non-hydrogen) atoms. The highest BCUT2D eigenvalue weighted by Gasteiger charge is 2.07. The van der Waals surface area contributed by atoms with Gasteiger partial charge >= 0.3 is 0 Å². The normalized spacial score (nSPS) is 10.5. The number of benzene rings is 1. The molecule has 0 bridgehead atoms. The Bertz CT molecular complexity index is 474. The second-order valence-corrected chi connectivity index (χ2v) is 4.18. The zero-order chi connectivity index (χ0) is 9.42. The van der Waals surface area contributed by atoms with Gasteiger partial charge in [-0.25, -0.2) is 0 Å². The van der Waals surface area contributed by atoms with E-state index in [1.165, 1.54) is 11.3 Å². The molecule has 0 spiro atoms. The molecule has 0 aliphatic heterocycles. The van der Waals surface area contributed by atoms with E-state index in [1.54, 1.807) is 12.1 Å². The molecule has 0 amide bonds. The molecule has 0 atom stereocenters. The lowest BCUT2D eigenvalue weighted by Crippen LogP contribution is -1.68. The predicted octanol–water partition coefficient (Wildman–Crippen LogP) is 2.71. The van der Waals surface area contributed by atoms with E-state index in [0.29, 0.717) is 9.77 Å². The van der Waals surface area contributed by atoms with Crippen LogP contribution in [0.4, 0.5) is 0 Å². The Kier molecular flexibility index (Phi) is 2.01. The molecule has 1 heterocycles. The van der Waals surface area contributed by atoms with Gasteiger partial charge in [-0.15, -0.1) is 24.0 Å². The number of carbonyl (C=O) groups is 1. The summed E-state index contributed by atoms with van der Waals surface area (Å²) in [4.78, 5) is 11.6. The first-order chi connectivity index (χ1) is 6.22. The van der Waals surface area contributed by atoms with Gasteiger partial charge in [-0.3, -0.25) is 4.79 Å². The number of rotatable bonds is 1. The minimum Gasteiger partial charge on any atom is -0.505 e. The van der Waals surface area contributed by atoms with Gasteiger partial charge in [0.15, 0.2) is 6.29 Å². The van der Waals surface area contributed by atoms with Crippen LogP contribution in [0.15, 0.2) is 23.1 Å². The molecule has 1 aromatic carbocycles. The second-order valence-electron chi connectivity index (χ2n) is 2.62. The molecule has 0 saturated heterocycles. The molecule has 4 heteroatoms. The van der Waals surface area contributed by atoms with Crippen molar-refractivity contribution in [2.24, 2.45) is 0 Å². The molecular weight excluding hydrogens is 204 g/mol. The summed E-state index contributed by atoms with van der Waals surface area (Å²) in [5.74, 6) is 0.152. The Balaban J connectivity index is 2.83. The number of thiophene rings is 1. The molecule has 2 rings (SSSR count). The third-order valence-corrected chi connectivity index (χ3v) is 3.22. The van der Waals surface area contributed by atoms with Gasteiger partial charge in [-0.2, -0.15) is 0 Å². The summed E-state index contributed by atoms with van der Waals surface area (Å²) in [5, 5.41) is 10.5. The predicted molar refractivity (Wildman–Crippen MR) is 56.1 cm³/mol. The van der Waals surface area contributed by atoms with Crippen LogP contribution in [0.25, 0.3) is 10.1 Å². The van der Waals surface area contributed by atoms with E-state index < -0.39 is 0 Å². The van der Waals surface area contributed by atoms with E-state index in [4.69, 9.17) is 0 Å². The van der Waals surface area contributed by atoms with Crippen LogP contribution in [-0.4, -0.2) is 11.4 Å². The molecule has 1 aromatic heterocycles. The van der Waals surface area contributed by atoms with E-state index in [9.17, 15) is 9.90 Å². The standard InChI is InChI=1S/C9H6O2S2/c10-4-6-3-5-1-2-7(12)8(11)9(5)13-6/h1-4,11-12H. The number of hydrogen-bond acceptors (Lipinski definition) is 4. The van der Waals surface area contributed by atoms with E-state index in [1.807, 2.05) is 6.07 Å². The summed E-state index contributed by atoms with van der Waals surface area (Å²) in [6.45, 7) is 0. The fourth-order valence-electron chi connectivity index (χ4n) is 1.16. The number of aromatic hydroxyl groups is 1. The first-order valence-corrected chi connectivity index (χ1v) is 4.88. The Morgan fingerprint density at radius 1 is 1.46 bits per heavy atom. The topological polar surface area (TPSA) is 37.3 Å². The maximum absolute atomic E-state index is 10.5. The molecular formula is C9H6O2S2. The van der Waals surface area contributed by atoms with Crippen LogP contribution in [-0.2, 0) is 0 Å². The average molecular weight is 210 g/mol. The third-order valence-electron chi connectivity index (χ3n) is 1.77. The average Bonchev–Trinajstić information content (AvgIpc) is 2.55. The summed E-state index contributed by atoms with van der Waals surface area (Å²) in [5.41, 5.74) is 0. The maximum Gasteiger partial charge on any atom is 0.160 e. The van der Waals surface area contributed by atoms with Crippen molar-refractivity contribution in [3.05, 3.63) is 23.1 Å². The van der Waals surface area contributed by atoms with Crippen molar-refractivity contribution in [2.45, 2.75) is 4.90 Å². The van der Waals surface area contributed by atoms with Crippen LogP contribution in [0, 0.1) is 0 Å². The summed E-state index contributed by atoms with van der Waals surface area (Å²) in [6, 6.07) is 5.29. The molecule has 2 aromatic rings. The Morgan fingerprint density at radius 2 is 2.23 bits per heavy atom. The number of fused-ring (bicyclic) bond motifs is 1. The van der Waals surface area contributed by atoms with Gasteiger partial charge in [0, 0.05) is 4.90 Å². The second kappa shape index (κ2) is 3.05. The lowest BCUT2D eigenvalue weighted by atomic mass is 10.2. The Morgan fingerprint density at radius 3 is 2.92 bits per heavy atom. The third kappa shape index (κ3) is 1.32. The fraction of sp³-hybridized carbons (Fsp3) is 0. The number of thiol groups is 1. The maximum atomic E-state index is 10.5. The van der Waals surface area contributed by atoms with Crippen LogP contribution in [0.1, 0.15) is 9.67 Å². The fourth-order valence-corrected chi connectivity index (χ4v) is 2.34. The van der Waals surface area contributed by atoms with Gasteiger partial charge in [0.2, 0.25) is 0 Å². The van der Waals surface area contributed by atoms with Gasteiger partial charge in [-0.05, 0) is 17.5 Å². The molecule has 0 radical (unpaired) electrons. The van der Waals surface area contributed by atoms with Crippen molar-refractivity contribution in [3.63, 3.8) is 0 Å². The smallest absolute Gasteiger partial charge is 0.160 e. The highest BCUT2D eigenvalue weighted by Crippen LogP contribution is 2.36. The molecule has 66 valence electrons. The SMILES string of the molecule is O=Cc1cc2ccc(S)c(O)c2s1. The van der Waals surface area contributed by atoms with E-state index in [-0.39, 0.29) is 5.75 Å². The minimum absolute atomic E-state index is 0.152. The van der Waals surface area contributed by atoms with E-state index >= 15 is 0 Å². The van der Waals surface area contributed by atoms with Crippen LogP contribution in [0.5, 0.6) is 5.75 Å². The minimum atomic E-state index is 0.152. The van der Waals surface area contributed by atoms with Gasteiger partial charge in [-0.1, -0.05) is 6.07 Å². The van der Waals surface area contributed by atoms with Crippen LogP contribution < -0.4 is 0 Å². The van der Waals surface area contributed by atoms with Crippen molar-refractivity contribution >= 4 is 40.3 Å². The molecule has 0 aliphatic carbocycles.